The fraction of sp³-hybridized carbons (Fsp3) is 0.588. The summed E-state index contributed by atoms with van der Waals surface area (Å²) in [6, 6.07) is 11.0. The molecule has 0 saturated carbocycles. The van der Waals surface area contributed by atoms with Crippen LogP contribution in [0.15, 0.2) is 35.3 Å². The Morgan fingerprint density at radius 1 is 1.24 bits per heavy atom. The van der Waals surface area contributed by atoms with Gasteiger partial charge in [-0.05, 0) is 37.8 Å². The van der Waals surface area contributed by atoms with E-state index in [-0.39, 0.29) is 0 Å². The number of hydrogen-bond donors (Lipinski definition) is 2. The monoisotopic (exact) mass is 307 g/mol. The summed E-state index contributed by atoms with van der Waals surface area (Å²) in [4.78, 5) is 4.65. The smallest absolute Gasteiger partial charge is 0.191 e. The van der Waals surface area contributed by atoms with Crippen LogP contribution in [0.1, 0.15) is 38.7 Å². The van der Waals surface area contributed by atoms with Gasteiger partial charge >= 0.3 is 0 Å². The second-order valence-electron chi connectivity index (χ2n) is 5.24. The highest BCUT2D eigenvalue weighted by atomic mass is 32.2. The molecule has 0 aliphatic heterocycles. The molecule has 2 unspecified atom stereocenters. The van der Waals surface area contributed by atoms with Gasteiger partial charge in [-0.25, -0.2) is 0 Å². The molecule has 21 heavy (non-hydrogen) atoms. The Balaban J connectivity index is 2.56. The molecule has 0 amide bonds. The maximum atomic E-state index is 4.65. The van der Waals surface area contributed by atoms with Crippen molar-refractivity contribution in [3.8, 4) is 0 Å². The van der Waals surface area contributed by atoms with Gasteiger partial charge in [0.15, 0.2) is 5.96 Å². The van der Waals surface area contributed by atoms with Crippen molar-refractivity contribution < 1.29 is 0 Å². The Bertz CT molecular complexity index is 406. The first-order valence-electron chi connectivity index (χ1n) is 7.77. The van der Waals surface area contributed by atoms with Crippen LogP contribution in [0.3, 0.4) is 0 Å². The molecule has 0 aliphatic carbocycles. The highest BCUT2D eigenvalue weighted by molar-refractivity contribution is 7.98. The molecule has 118 valence electrons. The molecular weight excluding hydrogens is 278 g/mol. The van der Waals surface area contributed by atoms with E-state index >= 15 is 0 Å². The van der Waals surface area contributed by atoms with Crippen LogP contribution < -0.4 is 10.6 Å². The molecule has 0 saturated heterocycles. The molecule has 0 radical (unpaired) electrons. The lowest BCUT2D eigenvalue weighted by atomic mass is 9.94. The van der Waals surface area contributed by atoms with E-state index in [0.717, 1.165) is 25.5 Å². The number of benzene rings is 1. The first-order chi connectivity index (χ1) is 10.2. The van der Waals surface area contributed by atoms with E-state index in [1.165, 1.54) is 11.3 Å². The summed E-state index contributed by atoms with van der Waals surface area (Å²) in [6.45, 7) is 8.34. The SMILES string of the molecule is CCNC(=NCCCSC)NC(C)C(C)c1ccccc1. The van der Waals surface area contributed by atoms with E-state index in [1.54, 1.807) is 0 Å². The van der Waals surface area contributed by atoms with Crippen molar-refractivity contribution in [1.82, 2.24) is 10.6 Å². The van der Waals surface area contributed by atoms with E-state index in [1.807, 2.05) is 11.8 Å². The van der Waals surface area contributed by atoms with Gasteiger partial charge in [-0.3, -0.25) is 4.99 Å². The van der Waals surface area contributed by atoms with Gasteiger partial charge in [-0.15, -0.1) is 0 Å². The van der Waals surface area contributed by atoms with Gasteiger partial charge in [0.1, 0.15) is 0 Å². The molecule has 0 heterocycles. The Morgan fingerprint density at radius 2 is 1.95 bits per heavy atom. The van der Waals surface area contributed by atoms with E-state index < -0.39 is 0 Å². The highest BCUT2D eigenvalue weighted by Crippen LogP contribution is 2.18. The fourth-order valence-corrected chi connectivity index (χ4v) is 2.52. The molecule has 0 spiro atoms. The molecule has 2 N–H and O–H groups in total. The Labute approximate surface area is 134 Å². The van der Waals surface area contributed by atoms with Crippen molar-refractivity contribution in [2.24, 2.45) is 4.99 Å². The topological polar surface area (TPSA) is 36.4 Å². The van der Waals surface area contributed by atoms with Crippen LogP contribution in [-0.2, 0) is 0 Å². The van der Waals surface area contributed by atoms with Crippen LogP contribution in [0, 0.1) is 0 Å². The van der Waals surface area contributed by atoms with Gasteiger partial charge in [0.05, 0.1) is 0 Å². The van der Waals surface area contributed by atoms with Gasteiger partial charge < -0.3 is 10.6 Å². The van der Waals surface area contributed by atoms with Crippen molar-refractivity contribution in [2.45, 2.75) is 39.2 Å². The van der Waals surface area contributed by atoms with Crippen LogP contribution >= 0.6 is 11.8 Å². The minimum Gasteiger partial charge on any atom is -0.357 e. The van der Waals surface area contributed by atoms with Crippen LogP contribution in [0.4, 0.5) is 0 Å². The molecule has 0 fully saturated rings. The molecule has 1 aromatic rings. The maximum absolute atomic E-state index is 4.65. The predicted octanol–water partition coefficient (Wildman–Crippen LogP) is 3.49. The summed E-state index contributed by atoms with van der Waals surface area (Å²) in [6.07, 6.45) is 3.26. The minimum atomic E-state index is 0.339. The molecule has 0 bridgehead atoms. The van der Waals surface area contributed by atoms with Gasteiger partial charge in [0.25, 0.3) is 0 Å². The maximum Gasteiger partial charge on any atom is 0.191 e. The van der Waals surface area contributed by atoms with Crippen LogP contribution in [0.25, 0.3) is 0 Å². The summed E-state index contributed by atoms with van der Waals surface area (Å²) in [7, 11) is 0. The molecule has 1 aromatic carbocycles. The molecule has 1 rings (SSSR count). The third-order valence-corrected chi connectivity index (χ3v) is 4.26. The van der Waals surface area contributed by atoms with Crippen molar-refractivity contribution >= 4 is 17.7 Å². The zero-order chi connectivity index (χ0) is 15.5. The number of thioether (sulfide) groups is 1. The average Bonchev–Trinajstić information content (AvgIpc) is 2.51. The molecule has 0 aromatic heterocycles. The highest BCUT2D eigenvalue weighted by Gasteiger charge is 2.15. The summed E-state index contributed by atoms with van der Waals surface area (Å²) < 4.78 is 0. The van der Waals surface area contributed by atoms with E-state index in [4.69, 9.17) is 0 Å². The second kappa shape index (κ2) is 10.6. The lowest BCUT2D eigenvalue weighted by Gasteiger charge is -2.24. The molecule has 4 heteroatoms. The number of nitrogens with zero attached hydrogens (tertiary/aromatic N) is 1. The predicted molar refractivity (Wildman–Crippen MR) is 96.4 cm³/mol. The zero-order valence-electron chi connectivity index (χ0n) is 13.7. The Morgan fingerprint density at radius 3 is 2.57 bits per heavy atom. The van der Waals surface area contributed by atoms with Crippen LogP contribution in [0.5, 0.6) is 0 Å². The van der Waals surface area contributed by atoms with Gasteiger partial charge in [0.2, 0.25) is 0 Å². The first-order valence-corrected chi connectivity index (χ1v) is 9.17. The standard InChI is InChI=1S/C17H29N3S/c1-5-18-17(19-12-9-13-21-4)20-15(3)14(2)16-10-7-6-8-11-16/h6-8,10-11,14-15H,5,9,12-13H2,1-4H3,(H2,18,19,20). The number of nitrogens with one attached hydrogen (secondary N) is 2. The zero-order valence-corrected chi connectivity index (χ0v) is 14.5. The first kappa shape index (κ1) is 17.9. The normalized spacial score (nSPS) is 14.6. The van der Waals surface area contributed by atoms with Gasteiger partial charge in [-0.2, -0.15) is 11.8 Å². The third-order valence-electron chi connectivity index (χ3n) is 3.56. The molecule has 2 atom stereocenters. The Hall–Kier alpha value is -1.16. The summed E-state index contributed by atoms with van der Waals surface area (Å²) in [5.74, 6) is 2.54. The molecule has 3 nitrogen and oxygen atoms in total. The molecule has 0 aliphatic rings. The van der Waals surface area contributed by atoms with Crippen molar-refractivity contribution in [3.05, 3.63) is 35.9 Å². The summed E-state index contributed by atoms with van der Waals surface area (Å²) >= 11 is 1.87. The number of hydrogen-bond acceptors (Lipinski definition) is 2. The van der Waals surface area contributed by atoms with Crippen LogP contribution in [-0.4, -0.2) is 37.1 Å². The average molecular weight is 308 g/mol. The van der Waals surface area contributed by atoms with Crippen molar-refractivity contribution in [3.63, 3.8) is 0 Å². The number of guanidine groups is 1. The third kappa shape index (κ3) is 6.89. The Kier molecular flexibility index (Phi) is 8.99. The second-order valence-corrected chi connectivity index (χ2v) is 6.22. The van der Waals surface area contributed by atoms with Crippen molar-refractivity contribution in [1.29, 1.82) is 0 Å². The van der Waals surface area contributed by atoms with E-state index in [0.29, 0.717) is 12.0 Å². The summed E-state index contributed by atoms with van der Waals surface area (Å²) in [5, 5.41) is 6.85. The van der Waals surface area contributed by atoms with Gasteiger partial charge in [0, 0.05) is 25.0 Å². The minimum absolute atomic E-state index is 0.339. The summed E-state index contributed by atoms with van der Waals surface area (Å²) in [5.41, 5.74) is 1.36. The lowest BCUT2D eigenvalue weighted by molar-refractivity contribution is 0.550. The van der Waals surface area contributed by atoms with Gasteiger partial charge in [-0.1, -0.05) is 37.3 Å². The van der Waals surface area contributed by atoms with E-state index in [9.17, 15) is 0 Å². The van der Waals surface area contributed by atoms with Crippen molar-refractivity contribution in [2.75, 3.05) is 25.1 Å². The quantitative estimate of drug-likeness (QED) is 0.438. The van der Waals surface area contributed by atoms with E-state index in [2.05, 4.69) is 73.0 Å². The van der Waals surface area contributed by atoms with Crippen LogP contribution in [0.2, 0.25) is 0 Å². The molecular formula is C17H29N3S. The largest absolute Gasteiger partial charge is 0.357 e. The number of rotatable bonds is 8. The fourth-order valence-electron chi connectivity index (χ4n) is 2.11. The number of aliphatic imine (C=N–C) groups is 1. The lowest BCUT2D eigenvalue weighted by Crippen LogP contribution is -2.44.